The van der Waals surface area contributed by atoms with Crippen molar-refractivity contribution in [2.45, 2.75) is 38.8 Å². The molecule has 5 nitrogen and oxygen atoms in total. The summed E-state index contributed by atoms with van der Waals surface area (Å²) in [4.78, 5) is 18.3. The summed E-state index contributed by atoms with van der Waals surface area (Å²) in [6.45, 7) is 7.26. The number of hydrogen-bond donors (Lipinski definition) is 1. The van der Waals surface area contributed by atoms with Gasteiger partial charge in [-0.2, -0.15) is 0 Å². The van der Waals surface area contributed by atoms with Crippen LogP contribution in [0.1, 0.15) is 27.2 Å². The van der Waals surface area contributed by atoms with Gasteiger partial charge >= 0.3 is 6.09 Å². The van der Waals surface area contributed by atoms with Gasteiger partial charge in [0.25, 0.3) is 0 Å². The number of nitrogens with one attached hydrogen (secondary N) is 1. The van der Waals surface area contributed by atoms with Crippen LogP contribution in [0.4, 0.5) is 10.6 Å². The Morgan fingerprint density at radius 1 is 1.50 bits per heavy atom. The van der Waals surface area contributed by atoms with Crippen molar-refractivity contribution in [3.8, 4) is 0 Å². The van der Waals surface area contributed by atoms with Gasteiger partial charge in [0.2, 0.25) is 0 Å². The van der Waals surface area contributed by atoms with E-state index in [1.165, 1.54) is 0 Å². The summed E-state index contributed by atoms with van der Waals surface area (Å²) in [5.41, 5.74) is -0.458. The zero-order valence-corrected chi connectivity index (χ0v) is 14.2. The van der Waals surface area contributed by atoms with Gasteiger partial charge in [-0.1, -0.05) is 0 Å². The average molecular weight is 389 g/mol. The fourth-order valence-electron chi connectivity index (χ4n) is 2.12. The van der Waals surface area contributed by atoms with Crippen molar-refractivity contribution in [3.63, 3.8) is 0 Å². The highest BCUT2D eigenvalue weighted by atomic mass is 127. The summed E-state index contributed by atoms with van der Waals surface area (Å²) in [7, 11) is 0. The lowest BCUT2D eigenvalue weighted by Crippen LogP contribution is -2.40. The van der Waals surface area contributed by atoms with Gasteiger partial charge in [-0.15, -0.1) is 0 Å². The van der Waals surface area contributed by atoms with Crippen molar-refractivity contribution < 1.29 is 9.53 Å². The van der Waals surface area contributed by atoms with Gasteiger partial charge in [-0.05, 0) is 61.9 Å². The largest absolute Gasteiger partial charge is 0.444 e. The van der Waals surface area contributed by atoms with E-state index < -0.39 is 5.60 Å². The number of carbonyl (C=O) groups excluding carboxylic acids is 1. The minimum atomic E-state index is -0.458. The number of rotatable bonds is 2. The Hall–Kier alpha value is -1.05. The molecule has 1 N–H and O–H groups in total. The van der Waals surface area contributed by atoms with Gasteiger partial charge in [-0.3, -0.25) is 0 Å². The molecule has 0 bridgehead atoms. The monoisotopic (exact) mass is 389 g/mol. The molecule has 1 atom stereocenters. The zero-order valence-electron chi connectivity index (χ0n) is 12.0. The molecule has 0 unspecified atom stereocenters. The second-order valence-electron chi connectivity index (χ2n) is 5.91. The predicted octanol–water partition coefficient (Wildman–Crippen LogP) is 2.79. The quantitative estimate of drug-likeness (QED) is 0.791. The van der Waals surface area contributed by atoms with Crippen molar-refractivity contribution in [1.29, 1.82) is 0 Å². The highest BCUT2D eigenvalue weighted by Crippen LogP contribution is 2.19. The Morgan fingerprint density at radius 3 is 2.85 bits per heavy atom. The second kappa shape index (κ2) is 6.15. The number of halogens is 1. The number of aromatic nitrogens is 1. The molecule has 0 spiro atoms. The van der Waals surface area contributed by atoms with Crippen LogP contribution in [0.3, 0.4) is 0 Å². The van der Waals surface area contributed by atoms with E-state index in [9.17, 15) is 4.79 Å². The van der Waals surface area contributed by atoms with Gasteiger partial charge in [0, 0.05) is 22.9 Å². The standard InChI is InChI=1S/C14H20IN3O2/c1-14(2,3)20-13(19)17-11-6-7-18(9-11)12-5-4-10(15)8-16-12/h4-5,8,11H,6-7,9H2,1-3H3,(H,17,19)/t11-/m1/s1. The molecule has 1 fully saturated rings. The molecule has 6 heteroatoms. The van der Waals surface area contributed by atoms with E-state index in [2.05, 4.69) is 37.8 Å². The minimum absolute atomic E-state index is 0.117. The van der Waals surface area contributed by atoms with Crippen LogP contribution in [0, 0.1) is 3.57 Å². The molecule has 1 amide bonds. The Balaban J connectivity index is 1.86. The van der Waals surface area contributed by atoms with E-state index in [0.29, 0.717) is 0 Å². The number of carbonyl (C=O) groups is 1. The van der Waals surface area contributed by atoms with Gasteiger partial charge in [0.1, 0.15) is 11.4 Å². The van der Waals surface area contributed by atoms with Crippen LogP contribution < -0.4 is 10.2 Å². The van der Waals surface area contributed by atoms with Crippen LogP contribution >= 0.6 is 22.6 Å². The third-order valence-corrected chi connectivity index (χ3v) is 3.58. The molecule has 1 aliphatic heterocycles. The van der Waals surface area contributed by atoms with Crippen molar-refractivity contribution in [2.75, 3.05) is 18.0 Å². The zero-order chi connectivity index (χ0) is 14.8. The van der Waals surface area contributed by atoms with Crippen LogP contribution in [0.2, 0.25) is 0 Å². The molecule has 1 saturated heterocycles. The summed E-state index contributed by atoms with van der Waals surface area (Å²) in [5, 5.41) is 2.91. The lowest BCUT2D eigenvalue weighted by Gasteiger charge is -2.22. The van der Waals surface area contributed by atoms with Gasteiger partial charge in [0.15, 0.2) is 0 Å². The Morgan fingerprint density at radius 2 is 2.25 bits per heavy atom. The van der Waals surface area contributed by atoms with Crippen LogP contribution in [0.5, 0.6) is 0 Å². The molecular weight excluding hydrogens is 369 g/mol. The lowest BCUT2D eigenvalue weighted by atomic mass is 10.2. The van der Waals surface area contributed by atoms with E-state index in [1.807, 2.05) is 39.1 Å². The normalized spacial score (nSPS) is 19.0. The van der Waals surface area contributed by atoms with Crippen LogP contribution in [0.25, 0.3) is 0 Å². The molecule has 110 valence electrons. The van der Waals surface area contributed by atoms with Crippen LogP contribution in [-0.4, -0.2) is 35.8 Å². The number of anilines is 1. The minimum Gasteiger partial charge on any atom is -0.444 e. The van der Waals surface area contributed by atoms with Crippen molar-refractivity contribution in [3.05, 3.63) is 21.9 Å². The van der Waals surface area contributed by atoms with Gasteiger partial charge < -0.3 is 15.0 Å². The molecule has 0 aromatic carbocycles. The summed E-state index contributed by atoms with van der Waals surface area (Å²) < 4.78 is 6.39. The Kier molecular flexibility index (Phi) is 4.72. The van der Waals surface area contributed by atoms with E-state index in [1.54, 1.807) is 0 Å². The van der Waals surface area contributed by atoms with Crippen LogP contribution in [-0.2, 0) is 4.74 Å². The fourth-order valence-corrected chi connectivity index (χ4v) is 2.43. The molecular formula is C14H20IN3O2. The molecule has 0 aliphatic carbocycles. The maximum atomic E-state index is 11.7. The van der Waals surface area contributed by atoms with E-state index in [4.69, 9.17) is 4.74 Å². The highest BCUT2D eigenvalue weighted by Gasteiger charge is 2.26. The SMILES string of the molecule is CC(C)(C)OC(=O)N[C@@H]1CCN(c2ccc(I)cn2)C1. The number of alkyl carbamates (subject to hydrolysis) is 1. The number of amides is 1. The first-order chi connectivity index (χ1) is 9.33. The first-order valence-electron chi connectivity index (χ1n) is 6.69. The number of hydrogen-bond acceptors (Lipinski definition) is 4. The number of ether oxygens (including phenoxy) is 1. The molecule has 2 rings (SSSR count). The number of pyridine rings is 1. The van der Waals surface area contributed by atoms with E-state index in [0.717, 1.165) is 28.9 Å². The fraction of sp³-hybridized carbons (Fsp3) is 0.571. The lowest BCUT2D eigenvalue weighted by molar-refractivity contribution is 0.0509. The molecule has 1 aromatic heterocycles. The molecule has 0 radical (unpaired) electrons. The molecule has 20 heavy (non-hydrogen) atoms. The molecule has 2 heterocycles. The maximum absolute atomic E-state index is 11.7. The predicted molar refractivity (Wildman–Crippen MR) is 86.9 cm³/mol. The smallest absolute Gasteiger partial charge is 0.407 e. The molecule has 1 aliphatic rings. The summed E-state index contributed by atoms with van der Waals surface area (Å²) in [6, 6.07) is 4.17. The van der Waals surface area contributed by atoms with Crippen molar-refractivity contribution in [1.82, 2.24) is 10.3 Å². The van der Waals surface area contributed by atoms with Crippen molar-refractivity contribution >= 4 is 34.5 Å². The summed E-state index contributed by atoms with van der Waals surface area (Å²) in [5.74, 6) is 0.957. The molecule has 1 aromatic rings. The maximum Gasteiger partial charge on any atom is 0.407 e. The summed E-state index contributed by atoms with van der Waals surface area (Å²) >= 11 is 2.24. The first-order valence-corrected chi connectivity index (χ1v) is 7.77. The van der Waals surface area contributed by atoms with Gasteiger partial charge in [-0.25, -0.2) is 9.78 Å². The third-order valence-electron chi connectivity index (χ3n) is 2.94. The third kappa shape index (κ3) is 4.50. The van der Waals surface area contributed by atoms with Crippen molar-refractivity contribution in [2.24, 2.45) is 0 Å². The number of nitrogens with zero attached hydrogens (tertiary/aromatic N) is 2. The Bertz CT molecular complexity index is 470. The molecule has 0 saturated carbocycles. The topological polar surface area (TPSA) is 54.5 Å². The average Bonchev–Trinajstić information content (AvgIpc) is 2.75. The van der Waals surface area contributed by atoms with Crippen LogP contribution in [0.15, 0.2) is 18.3 Å². The summed E-state index contributed by atoms with van der Waals surface area (Å²) in [6.07, 6.45) is 2.41. The van der Waals surface area contributed by atoms with E-state index in [-0.39, 0.29) is 12.1 Å². The Labute approximate surface area is 133 Å². The van der Waals surface area contributed by atoms with E-state index >= 15 is 0 Å². The van der Waals surface area contributed by atoms with Gasteiger partial charge in [0.05, 0.1) is 6.04 Å². The highest BCUT2D eigenvalue weighted by molar-refractivity contribution is 14.1. The second-order valence-corrected chi connectivity index (χ2v) is 7.16. The first kappa shape index (κ1) is 15.3.